The number of anilines is 1. The molecule has 40 heavy (non-hydrogen) atoms. The number of aromatic nitrogens is 1. The third-order valence-corrected chi connectivity index (χ3v) is 10.2. The average molecular weight is 607 g/mol. The van der Waals surface area contributed by atoms with E-state index in [9.17, 15) is 13.2 Å². The van der Waals surface area contributed by atoms with Crippen LogP contribution in [0, 0.1) is 0 Å². The van der Waals surface area contributed by atoms with Gasteiger partial charge in [0.25, 0.3) is 5.91 Å². The molecular formula is C29H39ClN4O4S2. The summed E-state index contributed by atoms with van der Waals surface area (Å²) in [5.41, 5.74) is 1.22. The van der Waals surface area contributed by atoms with Gasteiger partial charge in [0, 0.05) is 49.9 Å². The van der Waals surface area contributed by atoms with Crippen LogP contribution in [-0.2, 0) is 14.8 Å². The minimum Gasteiger partial charge on any atom is -0.379 e. The molecule has 0 N–H and O–H groups in total. The number of nitrogens with zero attached hydrogens (tertiary/aromatic N) is 4. The Bertz CT molecular complexity index is 1350. The fourth-order valence-electron chi connectivity index (χ4n) is 4.66. The number of carbonyl (C=O) groups excluding carboxylic acids is 1. The van der Waals surface area contributed by atoms with Crippen molar-refractivity contribution in [2.24, 2.45) is 0 Å². The van der Waals surface area contributed by atoms with Crippen LogP contribution in [0.25, 0.3) is 10.2 Å². The minimum atomic E-state index is -3.64. The summed E-state index contributed by atoms with van der Waals surface area (Å²) in [6.45, 7) is 9.67. The molecule has 0 radical (unpaired) electrons. The van der Waals surface area contributed by atoms with Crippen LogP contribution in [0.5, 0.6) is 0 Å². The standard InChI is InChI=1S/C29H39ClN4O4S2/c1-3-5-15-33(16-6-4-2)40(36,37)25-11-8-23(9-12-25)28(35)34(17-7-14-32-18-20-38-21-19-32)29-31-26-13-10-24(30)22-27(26)39-29/h8-13,22H,3-7,14-21H2,1-2H3. The number of unbranched alkanes of at least 4 members (excludes halogenated alkanes) is 2. The molecule has 1 saturated heterocycles. The molecule has 0 atom stereocenters. The van der Waals surface area contributed by atoms with Crippen LogP contribution < -0.4 is 4.90 Å². The van der Waals surface area contributed by atoms with Crippen molar-refractivity contribution in [3.63, 3.8) is 0 Å². The molecule has 1 fully saturated rings. The van der Waals surface area contributed by atoms with Crippen molar-refractivity contribution in [3.05, 3.63) is 53.1 Å². The number of benzene rings is 2. The van der Waals surface area contributed by atoms with Crippen molar-refractivity contribution in [2.45, 2.75) is 50.8 Å². The summed E-state index contributed by atoms with van der Waals surface area (Å²) >= 11 is 7.62. The molecule has 4 rings (SSSR count). The second kappa shape index (κ2) is 14.7. The molecule has 0 bridgehead atoms. The summed E-state index contributed by atoms with van der Waals surface area (Å²) in [6, 6.07) is 11.8. The van der Waals surface area contributed by atoms with Crippen molar-refractivity contribution in [1.29, 1.82) is 0 Å². The lowest BCUT2D eigenvalue weighted by atomic mass is 10.2. The maximum absolute atomic E-state index is 13.8. The van der Waals surface area contributed by atoms with Gasteiger partial charge >= 0.3 is 0 Å². The molecule has 2 heterocycles. The van der Waals surface area contributed by atoms with Gasteiger partial charge < -0.3 is 4.74 Å². The lowest BCUT2D eigenvalue weighted by Crippen LogP contribution is -2.39. The number of fused-ring (bicyclic) bond motifs is 1. The van der Waals surface area contributed by atoms with Gasteiger partial charge in [0.1, 0.15) is 0 Å². The van der Waals surface area contributed by atoms with Crippen LogP contribution in [0.1, 0.15) is 56.3 Å². The van der Waals surface area contributed by atoms with Gasteiger partial charge in [-0.15, -0.1) is 0 Å². The van der Waals surface area contributed by atoms with Gasteiger partial charge in [-0.1, -0.05) is 49.6 Å². The summed E-state index contributed by atoms with van der Waals surface area (Å²) in [7, 11) is -3.64. The van der Waals surface area contributed by atoms with Crippen LogP contribution in [0.4, 0.5) is 5.13 Å². The predicted molar refractivity (Wildman–Crippen MR) is 163 cm³/mol. The SMILES string of the molecule is CCCCN(CCCC)S(=O)(=O)c1ccc(C(=O)N(CCCN2CCOCC2)c2nc3ccc(Cl)cc3s2)cc1. The third-order valence-electron chi connectivity index (χ3n) is 7.04. The molecule has 0 spiro atoms. The second-order valence-electron chi connectivity index (χ2n) is 10.0. The fourth-order valence-corrected chi connectivity index (χ4v) is 7.44. The number of ether oxygens (including phenoxy) is 1. The summed E-state index contributed by atoms with van der Waals surface area (Å²) < 4.78 is 34.7. The van der Waals surface area contributed by atoms with Gasteiger partial charge in [0.2, 0.25) is 10.0 Å². The molecule has 8 nitrogen and oxygen atoms in total. The smallest absolute Gasteiger partial charge is 0.260 e. The lowest BCUT2D eigenvalue weighted by molar-refractivity contribution is 0.0376. The van der Waals surface area contributed by atoms with E-state index in [-0.39, 0.29) is 10.8 Å². The first-order valence-electron chi connectivity index (χ1n) is 14.1. The Morgan fingerprint density at radius 3 is 2.33 bits per heavy atom. The van der Waals surface area contributed by atoms with Crippen molar-refractivity contribution in [2.75, 3.05) is 57.4 Å². The van der Waals surface area contributed by atoms with Crippen LogP contribution in [0.2, 0.25) is 5.02 Å². The van der Waals surface area contributed by atoms with Crippen molar-refractivity contribution < 1.29 is 17.9 Å². The molecule has 3 aromatic rings. The third kappa shape index (κ3) is 7.80. The Hall–Kier alpha value is -2.08. The van der Waals surface area contributed by atoms with E-state index in [1.54, 1.807) is 39.5 Å². The molecule has 218 valence electrons. The Morgan fingerprint density at radius 1 is 1.00 bits per heavy atom. The molecule has 0 saturated carbocycles. The molecule has 1 aliphatic rings. The first kappa shape index (κ1) is 30.9. The highest BCUT2D eigenvalue weighted by Gasteiger charge is 2.26. The molecule has 1 aromatic heterocycles. The number of halogens is 1. The zero-order valence-electron chi connectivity index (χ0n) is 23.4. The van der Waals surface area contributed by atoms with Gasteiger partial charge in [0.05, 0.1) is 28.3 Å². The number of rotatable bonds is 14. The Kier molecular flexibility index (Phi) is 11.3. The van der Waals surface area contributed by atoms with E-state index < -0.39 is 10.0 Å². The topological polar surface area (TPSA) is 83.1 Å². The molecule has 0 aliphatic carbocycles. The van der Waals surface area contributed by atoms with Crippen LogP contribution in [-0.4, -0.2) is 81.0 Å². The summed E-state index contributed by atoms with van der Waals surface area (Å²) in [4.78, 5) is 22.8. The number of amides is 1. The first-order valence-corrected chi connectivity index (χ1v) is 16.7. The van der Waals surface area contributed by atoms with Crippen molar-refractivity contribution in [1.82, 2.24) is 14.2 Å². The lowest BCUT2D eigenvalue weighted by Gasteiger charge is -2.27. The maximum atomic E-state index is 13.8. The minimum absolute atomic E-state index is 0.204. The normalized spacial score (nSPS) is 14.7. The van der Waals surface area contributed by atoms with Gasteiger partial charge in [-0.05, 0) is 61.7 Å². The highest BCUT2D eigenvalue weighted by Crippen LogP contribution is 2.32. The van der Waals surface area contributed by atoms with Gasteiger partial charge in [-0.25, -0.2) is 13.4 Å². The molecular weight excluding hydrogens is 568 g/mol. The Morgan fingerprint density at radius 2 is 1.68 bits per heavy atom. The number of thiazole rings is 1. The van der Waals surface area contributed by atoms with E-state index in [1.165, 1.54) is 11.3 Å². The summed E-state index contributed by atoms with van der Waals surface area (Å²) in [6.07, 6.45) is 4.24. The van der Waals surface area contributed by atoms with E-state index in [0.717, 1.165) is 75.2 Å². The number of carbonyl (C=O) groups is 1. The molecule has 1 aliphatic heterocycles. The number of hydrogen-bond donors (Lipinski definition) is 0. The molecule has 0 unspecified atom stereocenters. The van der Waals surface area contributed by atoms with Crippen molar-refractivity contribution >= 4 is 54.2 Å². The van der Waals surface area contributed by atoms with E-state index in [2.05, 4.69) is 18.7 Å². The molecule has 2 aromatic carbocycles. The fraction of sp³-hybridized carbons (Fsp3) is 0.517. The zero-order chi connectivity index (χ0) is 28.5. The second-order valence-corrected chi connectivity index (χ2v) is 13.4. The monoisotopic (exact) mass is 606 g/mol. The van der Waals surface area contributed by atoms with Crippen LogP contribution in [0.15, 0.2) is 47.4 Å². The van der Waals surface area contributed by atoms with E-state index >= 15 is 0 Å². The first-order chi connectivity index (χ1) is 19.3. The van der Waals surface area contributed by atoms with E-state index in [1.807, 2.05) is 12.1 Å². The maximum Gasteiger partial charge on any atom is 0.260 e. The number of hydrogen-bond acceptors (Lipinski definition) is 7. The predicted octanol–water partition coefficient (Wildman–Crippen LogP) is 5.91. The summed E-state index contributed by atoms with van der Waals surface area (Å²) in [5.74, 6) is -0.204. The average Bonchev–Trinajstić information content (AvgIpc) is 3.38. The van der Waals surface area contributed by atoms with Crippen molar-refractivity contribution in [3.8, 4) is 0 Å². The highest BCUT2D eigenvalue weighted by atomic mass is 35.5. The Balaban J connectivity index is 1.56. The van der Waals surface area contributed by atoms with Crippen LogP contribution >= 0.6 is 22.9 Å². The molecule has 11 heteroatoms. The molecule has 1 amide bonds. The van der Waals surface area contributed by atoms with Gasteiger partial charge in [-0.3, -0.25) is 14.6 Å². The number of morpholine rings is 1. The highest BCUT2D eigenvalue weighted by molar-refractivity contribution is 7.89. The van der Waals surface area contributed by atoms with E-state index in [0.29, 0.717) is 35.4 Å². The largest absolute Gasteiger partial charge is 0.379 e. The van der Waals surface area contributed by atoms with Gasteiger partial charge in [-0.2, -0.15) is 4.31 Å². The Labute approximate surface area is 246 Å². The van der Waals surface area contributed by atoms with Crippen LogP contribution in [0.3, 0.4) is 0 Å². The summed E-state index contributed by atoms with van der Waals surface area (Å²) in [5, 5.41) is 1.22. The van der Waals surface area contributed by atoms with E-state index in [4.69, 9.17) is 21.3 Å². The van der Waals surface area contributed by atoms with Gasteiger partial charge in [0.15, 0.2) is 5.13 Å². The quantitative estimate of drug-likeness (QED) is 0.227. The number of sulfonamides is 1. The zero-order valence-corrected chi connectivity index (χ0v) is 25.7.